The van der Waals surface area contributed by atoms with Crippen LogP contribution in [0.3, 0.4) is 0 Å². The van der Waals surface area contributed by atoms with E-state index in [0.717, 1.165) is 5.56 Å². The molecule has 0 saturated carbocycles. The highest BCUT2D eigenvalue weighted by atomic mass is 16.5. The number of hydrogen-bond acceptors (Lipinski definition) is 4. The Morgan fingerprint density at radius 1 is 1.47 bits per heavy atom. The Balaban J connectivity index is 2.18. The SMILES string of the molecule is CCN(C)C(=O)C1N=COC1c1ccncc1. The van der Waals surface area contributed by atoms with Crippen LogP contribution in [0.15, 0.2) is 29.5 Å². The van der Waals surface area contributed by atoms with Crippen LogP contribution < -0.4 is 0 Å². The highest BCUT2D eigenvalue weighted by Crippen LogP contribution is 2.27. The second-order valence-corrected chi connectivity index (χ2v) is 3.89. The zero-order chi connectivity index (χ0) is 12.3. The van der Waals surface area contributed by atoms with Crippen molar-refractivity contribution in [2.24, 2.45) is 4.99 Å². The predicted molar refractivity (Wildman–Crippen MR) is 63.7 cm³/mol. The van der Waals surface area contributed by atoms with Crippen molar-refractivity contribution in [3.05, 3.63) is 30.1 Å². The molecule has 0 aromatic carbocycles. The molecule has 0 aliphatic carbocycles. The predicted octanol–water partition coefficient (Wildman–Crippen LogP) is 1.03. The molecule has 2 heterocycles. The fourth-order valence-corrected chi connectivity index (χ4v) is 1.71. The monoisotopic (exact) mass is 233 g/mol. The van der Waals surface area contributed by atoms with Gasteiger partial charge in [0, 0.05) is 26.0 Å². The molecular weight excluding hydrogens is 218 g/mol. The van der Waals surface area contributed by atoms with Crippen molar-refractivity contribution in [3.8, 4) is 0 Å². The van der Waals surface area contributed by atoms with E-state index in [1.165, 1.54) is 6.40 Å². The van der Waals surface area contributed by atoms with E-state index in [2.05, 4.69) is 9.98 Å². The highest BCUT2D eigenvalue weighted by molar-refractivity contribution is 5.85. The van der Waals surface area contributed by atoms with Gasteiger partial charge in [-0.15, -0.1) is 0 Å². The molecule has 2 unspecified atom stereocenters. The number of carbonyl (C=O) groups is 1. The Morgan fingerprint density at radius 2 is 2.18 bits per heavy atom. The molecule has 2 atom stereocenters. The second kappa shape index (κ2) is 4.95. The molecule has 0 saturated heterocycles. The average Bonchev–Trinajstić information content (AvgIpc) is 2.87. The lowest BCUT2D eigenvalue weighted by molar-refractivity contribution is -0.132. The molecule has 1 aliphatic rings. The van der Waals surface area contributed by atoms with Gasteiger partial charge in [0.05, 0.1) is 0 Å². The van der Waals surface area contributed by atoms with Gasteiger partial charge in [-0.25, -0.2) is 4.99 Å². The molecule has 90 valence electrons. The standard InChI is InChI=1S/C12H15N3O2/c1-3-15(2)12(16)10-11(17-8-14-10)9-4-6-13-7-5-9/h4-8,10-11H,3H2,1-2H3. The summed E-state index contributed by atoms with van der Waals surface area (Å²) in [6, 6.07) is 3.19. The quantitative estimate of drug-likeness (QED) is 0.783. The third kappa shape index (κ3) is 2.27. The Labute approximate surface area is 100 Å². The van der Waals surface area contributed by atoms with Crippen molar-refractivity contribution >= 4 is 12.3 Å². The zero-order valence-electron chi connectivity index (χ0n) is 9.91. The molecule has 0 bridgehead atoms. The fourth-order valence-electron chi connectivity index (χ4n) is 1.71. The van der Waals surface area contributed by atoms with Gasteiger partial charge in [0.1, 0.15) is 0 Å². The van der Waals surface area contributed by atoms with Crippen molar-refractivity contribution in [3.63, 3.8) is 0 Å². The molecule has 1 amide bonds. The molecule has 1 aromatic heterocycles. The number of carbonyl (C=O) groups excluding carboxylic acids is 1. The number of hydrogen-bond donors (Lipinski definition) is 0. The van der Waals surface area contributed by atoms with Crippen LogP contribution in [0, 0.1) is 0 Å². The first-order chi connectivity index (χ1) is 8.24. The van der Waals surface area contributed by atoms with Gasteiger partial charge in [0.2, 0.25) is 0 Å². The maximum Gasteiger partial charge on any atom is 0.251 e. The number of ether oxygens (including phenoxy) is 1. The van der Waals surface area contributed by atoms with Gasteiger partial charge >= 0.3 is 0 Å². The summed E-state index contributed by atoms with van der Waals surface area (Å²) in [5, 5.41) is 0. The van der Waals surface area contributed by atoms with E-state index in [1.54, 1.807) is 24.3 Å². The highest BCUT2D eigenvalue weighted by Gasteiger charge is 2.35. The molecule has 0 spiro atoms. The maximum absolute atomic E-state index is 12.1. The van der Waals surface area contributed by atoms with Gasteiger partial charge in [0.15, 0.2) is 18.5 Å². The Kier molecular flexibility index (Phi) is 3.37. The summed E-state index contributed by atoms with van der Waals surface area (Å²) in [6.07, 6.45) is 4.39. The van der Waals surface area contributed by atoms with E-state index in [1.807, 2.05) is 19.1 Å². The molecule has 0 fully saturated rings. The topological polar surface area (TPSA) is 54.8 Å². The molecule has 0 radical (unpaired) electrons. The average molecular weight is 233 g/mol. The smallest absolute Gasteiger partial charge is 0.251 e. The molecular formula is C12H15N3O2. The van der Waals surface area contributed by atoms with E-state index in [9.17, 15) is 4.79 Å². The van der Waals surface area contributed by atoms with Crippen molar-refractivity contribution in [2.75, 3.05) is 13.6 Å². The number of rotatable bonds is 3. The van der Waals surface area contributed by atoms with Crippen LogP contribution in [-0.2, 0) is 9.53 Å². The van der Waals surface area contributed by atoms with Crippen LogP contribution in [0.4, 0.5) is 0 Å². The number of likely N-dealkylation sites (N-methyl/N-ethyl adjacent to an activating group) is 1. The summed E-state index contributed by atoms with van der Waals surface area (Å²) in [6.45, 7) is 2.59. The minimum atomic E-state index is -0.484. The summed E-state index contributed by atoms with van der Waals surface area (Å²) in [5.41, 5.74) is 0.917. The largest absolute Gasteiger partial charge is 0.473 e. The maximum atomic E-state index is 12.1. The number of amides is 1. The van der Waals surface area contributed by atoms with Crippen LogP contribution in [0.5, 0.6) is 0 Å². The third-order valence-electron chi connectivity index (χ3n) is 2.85. The van der Waals surface area contributed by atoms with Gasteiger partial charge in [-0.2, -0.15) is 0 Å². The summed E-state index contributed by atoms with van der Waals surface area (Å²) in [4.78, 5) is 21.8. The van der Waals surface area contributed by atoms with Gasteiger partial charge < -0.3 is 9.64 Å². The van der Waals surface area contributed by atoms with Crippen molar-refractivity contribution < 1.29 is 9.53 Å². The molecule has 5 heteroatoms. The lowest BCUT2D eigenvalue weighted by Crippen LogP contribution is -2.37. The number of nitrogens with zero attached hydrogens (tertiary/aromatic N) is 3. The van der Waals surface area contributed by atoms with Crippen LogP contribution in [0.2, 0.25) is 0 Å². The molecule has 2 rings (SSSR count). The zero-order valence-corrected chi connectivity index (χ0v) is 9.91. The van der Waals surface area contributed by atoms with Gasteiger partial charge in [-0.1, -0.05) is 0 Å². The van der Waals surface area contributed by atoms with E-state index in [0.29, 0.717) is 6.54 Å². The number of aliphatic imine (C=N–C) groups is 1. The van der Waals surface area contributed by atoms with Crippen LogP contribution in [-0.4, -0.2) is 41.8 Å². The van der Waals surface area contributed by atoms with Crippen LogP contribution in [0.1, 0.15) is 18.6 Å². The van der Waals surface area contributed by atoms with Gasteiger partial charge in [-0.3, -0.25) is 9.78 Å². The second-order valence-electron chi connectivity index (χ2n) is 3.89. The summed E-state index contributed by atoms with van der Waals surface area (Å²) in [5.74, 6) is -0.0249. The van der Waals surface area contributed by atoms with Crippen molar-refractivity contribution in [2.45, 2.75) is 19.1 Å². The molecule has 0 N–H and O–H groups in total. The summed E-state index contributed by atoms with van der Waals surface area (Å²) in [7, 11) is 1.76. The Morgan fingerprint density at radius 3 is 2.82 bits per heavy atom. The van der Waals surface area contributed by atoms with E-state index in [-0.39, 0.29) is 12.0 Å². The van der Waals surface area contributed by atoms with Crippen molar-refractivity contribution in [1.29, 1.82) is 0 Å². The first-order valence-corrected chi connectivity index (χ1v) is 5.56. The van der Waals surface area contributed by atoms with E-state index < -0.39 is 6.04 Å². The fraction of sp³-hybridized carbons (Fsp3) is 0.417. The molecule has 5 nitrogen and oxygen atoms in total. The number of pyridine rings is 1. The first kappa shape index (κ1) is 11.6. The van der Waals surface area contributed by atoms with Gasteiger partial charge in [0.25, 0.3) is 5.91 Å². The molecule has 1 aromatic rings. The van der Waals surface area contributed by atoms with Gasteiger partial charge in [-0.05, 0) is 24.6 Å². The normalized spacial score (nSPS) is 22.2. The van der Waals surface area contributed by atoms with Crippen LogP contribution >= 0.6 is 0 Å². The van der Waals surface area contributed by atoms with E-state index in [4.69, 9.17) is 4.74 Å². The Hall–Kier alpha value is -1.91. The van der Waals surface area contributed by atoms with Crippen LogP contribution in [0.25, 0.3) is 0 Å². The molecule has 17 heavy (non-hydrogen) atoms. The third-order valence-corrected chi connectivity index (χ3v) is 2.85. The van der Waals surface area contributed by atoms with E-state index >= 15 is 0 Å². The lowest BCUT2D eigenvalue weighted by atomic mass is 10.0. The minimum Gasteiger partial charge on any atom is -0.473 e. The summed E-state index contributed by atoms with van der Waals surface area (Å²) < 4.78 is 5.40. The summed E-state index contributed by atoms with van der Waals surface area (Å²) >= 11 is 0. The number of aromatic nitrogens is 1. The Bertz CT molecular complexity index is 419. The lowest BCUT2D eigenvalue weighted by Gasteiger charge is -2.21. The van der Waals surface area contributed by atoms with Crippen molar-refractivity contribution in [1.82, 2.24) is 9.88 Å². The molecule has 1 aliphatic heterocycles. The minimum absolute atomic E-state index is 0.0249. The first-order valence-electron chi connectivity index (χ1n) is 5.56.